The minimum Gasteiger partial charge on any atom is -0.480 e. The van der Waals surface area contributed by atoms with E-state index in [1.807, 2.05) is 0 Å². The number of nitrogens with one attached hydrogen (secondary N) is 3. The molecule has 0 aliphatic rings. The number of carboxylic acids is 1. The van der Waals surface area contributed by atoms with Crippen LogP contribution in [-0.2, 0) is 19.2 Å². The predicted molar refractivity (Wildman–Crippen MR) is 126 cm³/mol. The number of amides is 3. The van der Waals surface area contributed by atoms with Crippen LogP contribution in [0.2, 0.25) is 0 Å². The maximum atomic E-state index is 12.5. The molecule has 3 atom stereocenters. The van der Waals surface area contributed by atoms with Crippen LogP contribution in [0.25, 0.3) is 0 Å². The topological polar surface area (TPSA) is 279 Å². The second-order valence-corrected chi connectivity index (χ2v) is 7.29. The maximum Gasteiger partial charge on any atom is 0.326 e. The molecule has 3 unspecified atom stereocenters. The zero-order valence-corrected chi connectivity index (χ0v) is 19.1. The van der Waals surface area contributed by atoms with Gasteiger partial charge in [-0.2, -0.15) is 12.6 Å². The summed E-state index contributed by atoms with van der Waals surface area (Å²) in [6.45, 7) is -0.0784. The number of thiol groups is 1. The quantitative estimate of drug-likeness (QED) is 0.0428. The molecule has 33 heavy (non-hydrogen) atoms. The van der Waals surface area contributed by atoms with E-state index in [0.717, 1.165) is 0 Å². The first-order chi connectivity index (χ1) is 15.5. The fourth-order valence-electron chi connectivity index (χ4n) is 2.43. The molecule has 0 saturated heterocycles. The summed E-state index contributed by atoms with van der Waals surface area (Å²) in [7, 11) is 0. The number of hydrogen-bond donors (Lipinski definition) is 10. The van der Waals surface area contributed by atoms with Crippen LogP contribution in [0, 0.1) is 0 Å². The number of carbonyl (C=O) groups excluding carboxylic acids is 3. The van der Waals surface area contributed by atoms with Crippen molar-refractivity contribution in [2.24, 2.45) is 38.7 Å². The van der Waals surface area contributed by atoms with Crippen LogP contribution in [0.15, 0.2) is 9.98 Å². The third kappa shape index (κ3) is 14.4. The van der Waals surface area contributed by atoms with Crippen LogP contribution in [0.1, 0.15) is 25.7 Å². The first-order valence-electron chi connectivity index (χ1n) is 10.0. The summed E-state index contributed by atoms with van der Waals surface area (Å²) >= 11 is 3.94. The lowest BCUT2D eigenvalue weighted by molar-refractivity contribution is -0.142. The Morgan fingerprint density at radius 1 is 0.848 bits per heavy atom. The van der Waals surface area contributed by atoms with Gasteiger partial charge in [0.25, 0.3) is 0 Å². The van der Waals surface area contributed by atoms with Gasteiger partial charge < -0.3 is 49.7 Å². The summed E-state index contributed by atoms with van der Waals surface area (Å²) in [5, 5.41) is 16.4. The summed E-state index contributed by atoms with van der Waals surface area (Å²) in [6.07, 6.45) is 0.918. The van der Waals surface area contributed by atoms with Gasteiger partial charge in [-0.3, -0.25) is 24.4 Å². The van der Waals surface area contributed by atoms with Gasteiger partial charge in [-0.1, -0.05) is 0 Å². The molecule has 0 bridgehead atoms. The van der Waals surface area contributed by atoms with Gasteiger partial charge in [-0.25, -0.2) is 4.79 Å². The van der Waals surface area contributed by atoms with Gasteiger partial charge in [-0.15, -0.1) is 0 Å². The first-order valence-corrected chi connectivity index (χ1v) is 10.7. The van der Waals surface area contributed by atoms with E-state index in [-0.39, 0.29) is 43.6 Å². The number of aliphatic carboxylic acids is 1. The molecular formula is C17H34N10O5S. The zero-order valence-electron chi connectivity index (χ0n) is 18.2. The third-order valence-electron chi connectivity index (χ3n) is 4.11. The van der Waals surface area contributed by atoms with Gasteiger partial charge in [0.05, 0.1) is 12.6 Å². The SMILES string of the molecule is NC(N)=NCCCC(NC(=O)CNC(=O)C(CCCN=C(N)N)NC(=O)C(N)CS)C(=O)O. The van der Waals surface area contributed by atoms with Crippen LogP contribution >= 0.6 is 12.6 Å². The predicted octanol–water partition coefficient (Wildman–Crippen LogP) is -4.48. The molecule has 14 N–H and O–H groups in total. The van der Waals surface area contributed by atoms with Crippen molar-refractivity contribution in [1.29, 1.82) is 0 Å². The lowest BCUT2D eigenvalue weighted by atomic mass is 10.1. The average molecular weight is 491 g/mol. The number of guanidine groups is 2. The van der Waals surface area contributed by atoms with Crippen molar-refractivity contribution in [3.63, 3.8) is 0 Å². The summed E-state index contributed by atoms with van der Waals surface area (Å²) in [5.74, 6) is -3.39. The van der Waals surface area contributed by atoms with E-state index in [2.05, 4.69) is 38.6 Å². The van der Waals surface area contributed by atoms with E-state index < -0.39 is 48.4 Å². The van der Waals surface area contributed by atoms with E-state index in [1.165, 1.54) is 0 Å². The van der Waals surface area contributed by atoms with Gasteiger partial charge in [0.15, 0.2) is 11.9 Å². The van der Waals surface area contributed by atoms with Gasteiger partial charge in [-0.05, 0) is 25.7 Å². The smallest absolute Gasteiger partial charge is 0.326 e. The van der Waals surface area contributed by atoms with Crippen LogP contribution in [0.5, 0.6) is 0 Å². The highest BCUT2D eigenvalue weighted by Gasteiger charge is 2.24. The van der Waals surface area contributed by atoms with Gasteiger partial charge in [0.1, 0.15) is 12.1 Å². The van der Waals surface area contributed by atoms with Crippen molar-refractivity contribution < 1.29 is 24.3 Å². The van der Waals surface area contributed by atoms with Crippen molar-refractivity contribution in [3.8, 4) is 0 Å². The number of nitrogens with zero attached hydrogens (tertiary/aromatic N) is 2. The van der Waals surface area contributed by atoms with Gasteiger partial charge in [0, 0.05) is 18.8 Å². The van der Waals surface area contributed by atoms with Crippen LogP contribution in [0.3, 0.4) is 0 Å². The summed E-state index contributed by atoms with van der Waals surface area (Å²) < 4.78 is 0. The molecule has 0 fully saturated rings. The molecule has 188 valence electrons. The Morgan fingerprint density at radius 3 is 1.82 bits per heavy atom. The Hall–Kier alpha value is -3.27. The number of nitrogens with two attached hydrogens (primary N) is 5. The Labute approximate surface area is 196 Å². The number of rotatable bonds is 16. The lowest BCUT2D eigenvalue weighted by Crippen LogP contribution is -2.53. The Balaban J connectivity index is 4.84. The number of hydrogen-bond acceptors (Lipinski definition) is 8. The maximum absolute atomic E-state index is 12.5. The Kier molecular flexibility index (Phi) is 14.8. The van der Waals surface area contributed by atoms with Crippen molar-refractivity contribution in [1.82, 2.24) is 16.0 Å². The molecule has 0 aromatic heterocycles. The highest BCUT2D eigenvalue weighted by Crippen LogP contribution is 2.01. The lowest BCUT2D eigenvalue weighted by Gasteiger charge is -2.20. The molecule has 0 radical (unpaired) electrons. The minimum absolute atomic E-state index is 0.0658. The zero-order chi connectivity index (χ0) is 25.4. The average Bonchev–Trinajstić information content (AvgIpc) is 2.74. The molecular weight excluding hydrogens is 456 g/mol. The molecule has 3 amide bonds. The molecule has 0 saturated carbocycles. The molecule has 0 aromatic carbocycles. The van der Waals surface area contributed by atoms with E-state index in [9.17, 15) is 24.3 Å². The van der Waals surface area contributed by atoms with E-state index in [4.69, 9.17) is 28.7 Å². The van der Waals surface area contributed by atoms with Crippen molar-refractivity contribution >= 4 is 48.2 Å². The van der Waals surface area contributed by atoms with E-state index in [1.54, 1.807) is 0 Å². The summed E-state index contributed by atoms with van der Waals surface area (Å²) in [6, 6.07) is -3.13. The van der Waals surface area contributed by atoms with Gasteiger partial charge >= 0.3 is 5.97 Å². The van der Waals surface area contributed by atoms with Crippen LogP contribution < -0.4 is 44.6 Å². The van der Waals surface area contributed by atoms with Crippen molar-refractivity contribution in [2.45, 2.75) is 43.8 Å². The first kappa shape index (κ1) is 29.7. The molecule has 0 aliphatic carbocycles. The second kappa shape index (κ2) is 16.4. The molecule has 0 aliphatic heterocycles. The standard InChI is InChI=1S/C17H34N10O5S/c18-9(8-33)13(29)27-10(3-1-5-23-16(19)20)14(30)25-7-12(28)26-11(15(31)32)4-2-6-24-17(21)22/h9-11,33H,1-8,18H2,(H,25,30)(H,26,28)(H,27,29)(H,31,32)(H4,19,20,23)(H4,21,22,24). The summed E-state index contributed by atoms with van der Waals surface area (Å²) in [5.41, 5.74) is 26.5. The molecule has 0 aromatic rings. The second-order valence-electron chi connectivity index (χ2n) is 6.92. The Bertz CT molecular complexity index is 725. The molecule has 16 heteroatoms. The fraction of sp³-hybridized carbons (Fsp3) is 0.647. The minimum atomic E-state index is -1.25. The van der Waals surface area contributed by atoms with Crippen molar-refractivity contribution in [2.75, 3.05) is 25.4 Å². The monoisotopic (exact) mass is 490 g/mol. The van der Waals surface area contributed by atoms with Gasteiger partial charge in [0.2, 0.25) is 17.7 Å². The van der Waals surface area contributed by atoms with Crippen molar-refractivity contribution in [3.05, 3.63) is 0 Å². The number of carboxylic acid groups (broad SMARTS) is 1. The highest BCUT2D eigenvalue weighted by atomic mass is 32.1. The number of aliphatic imine (C=N–C) groups is 2. The van der Waals surface area contributed by atoms with Crippen LogP contribution in [-0.4, -0.2) is 84.2 Å². The Morgan fingerprint density at radius 2 is 1.36 bits per heavy atom. The van der Waals surface area contributed by atoms with E-state index in [0.29, 0.717) is 12.8 Å². The largest absolute Gasteiger partial charge is 0.480 e. The molecule has 0 spiro atoms. The highest BCUT2D eigenvalue weighted by molar-refractivity contribution is 7.80. The van der Waals surface area contributed by atoms with Crippen LogP contribution in [0.4, 0.5) is 0 Å². The fourth-order valence-corrected chi connectivity index (χ4v) is 2.60. The third-order valence-corrected chi connectivity index (χ3v) is 4.51. The summed E-state index contributed by atoms with van der Waals surface area (Å²) in [4.78, 5) is 55.6. The van der Waals surface area contributed by atoms with E-state index >= 15 is 0 Å². The normalized spacial score (nSPS) is 13.0. The number of carbonyl (C=O) groups is 4. The molecule has 0 rings (SSSR count). The molecule has 15 nitrogen and oxygen atoms in total. The molecule has 0 heterocycles.